The Bertz CT molecular complexity index is 299. The second-order valence-corrected chi connectivity index (χ2v) is 4.39. The largest absolute Gasteiger partial charge is 0.305 e. The normalized spacial score (nSPS) is 10.9. The van der Waals surface area contributed by atoms with Gasteiger partial charge in [-0.05, 0) is 23.1 Å². The summed E-state index contributed by atoms with van der Waals surface area (Å²) in [5.74, 6) is 0.550. The Labute approximate surface area is 93.7 Å². The number of benzene rings is 1. The highest BCUT2D eigenvalue weighted by Crippen LogP contribution is 2.25. The van der Waals surface area contributed by atoms with E-state index < -0.39 is 0 Å². The highest BCUT2D eigenvalue weighted by Gasteiger charge is 2.04. The molecule has 14 heavy (non-hydrogen) atoms. The lowest BCUT2D eigenvalue weighted by atomic mass is 10.0. The summed E-state index contributed by atoms with van der Waals surface area (Å²) in [6.07, 6.45) is 0. The van der Waals surface area contributed by atoms with Crippen molar-refractivity contribution < 1.29 is 4.84 Å². The van der Waals surface area contributed by atoms with Crippen LogP contribution in [-0.4, -0.2) is 7.11 Å². The smallest absolute Gasteiger partial charge is 0.0572 e. The predicted molar refractivity (Wildman–Crippen MR) is 62.1 cm³/mol. The fraction of sp³-hybridized carbons (Fsp3) is 0.455. The van der Waals surface area contributed by atoms with Crippen LogP contribution in [0, 0.1) is 0 Å². The van der Waals surface area contributed by atoms with Crippen LogP contribution in [0.5, 0.6) is 0 Å². The first-order chi connectivity index (χ1) is 6.65. The summed E-state index contributed by atoms with van der Waals surface area (Å²) in [7, 11) is 1.62. The van der Waals surface area contributed by atoms with Crippen LogP contribution in [0.1, 0.15) is 30.9 Å². The zero-order valence-electron chi connectivity index (χ0n) is 8.80. The quantitative estimate of drug-likeness (QED) is 0.837. The van der Waals surface area contributed by atoms with E-state index in [1.807, 2.05) is 0 Å². The molecule has 0 spiro atoms. The summed E-state index contributed by atoms with van der Waals surface area (Å²) < 4.78 is 1.17. The van der Waals surface area contributed by atoms with Gasteiger partial charge >= 0.3 is 0 Å². The van der Waals surface area contributed by atoms with Crippen LogP contribution < -0.4 is 5.48 Å². The highest BCUT2D eigenvalue weighted by atomic mass is 79.9. The summed E-state index contributed by atoms with van der Waals surface area (Å²) in [5.41, 5.74) is 5.37. The van der Waals surface area contributed by atoms with E-state index >= 15 is 0 Å². The molecular formula is C11H16BrNO. The third kappa shape index (κ3) is 3.08. The maximum Gasteiger partial charge on any atom is 0.0572 e. The van der Waals surface area contributed by atoms with E-state index in [0.717, 1.165) is 6.54 Å². The van der Waals surface area contributed by atoms with Crippen LogP contribution in [0.3, 0.4) is 0 Å². The number of hydroxylamine groups is 1. The third-order valence-corrected chi connectivity index (χ3v) is 2.79. The van der Waals surface area contributed by atoms with Crippen LogP contribution >= 0.6 is 15.9 Å². The molecule has 0 radical (unpaired) electrons. The van der Waals surface area contributed by atoms with Gasteiger partial charge in [-0.3, -0.25) is 0 Å². The Balaban J connectivity index is 2.78. The maximum atomic E-state index is 4.80. The van der Waals surface area contributed by atoms with E-state index in [2.05, 4.69) is 53.5 Å². The standard InChI is InChI=1S/C11H16BrNO/c1-8(2)10-5-4-9(6-11(10)12)7-13-14-3/h4-6,8,13H,7H2,1-3H3. The van der Waals surface area contributed by atoms with Crippen LogP contribution in [0.2, 0.25) is 0 Å². The molecule has 0 aliphatic rings. The lowest BCUT2D eigenvalue weighted by Gasteiger charge is -2.10. The number of halogens is 1. The number of hydrogen-bond acceptors (Lipinski definition) is 2. The zero-order chi connectivity index (χ0) is 10.6. The van der Waals surface area contributed by atoms with Gasteiger partial charge in [-0.2, -0.15) is 5.48 Å². The number of rotatable bonds is 4. The molecule has 2 nitrogen and oxygen atoms in total. The summed E-state index contributed by atoms with van der Waals surface area (Å²) >= 11 is 3.57. The summed E-state index contributed by atoms with van der Waals surface area (Å²) in [5, 5.41) is 0. The van der Waals surface area contributed by atoms with Crippen LogP contribution in [-0.2, 0) is 11.4 Å². The van der Waals surface area contributed by atoms with Crippen molar-refractivity contribution in [2.75, 3.05) is 7.11 Å². The molecule has 0 bridgehead atoms. The molecule has 0 saturated heterocycles. The third-order valence-electron chi connectivity index (χ3n) is 2.11. The van der Waals surface area contributed by atoms with Crippen molar-refractivity contribution in [3.05, 3.63) is 33.8 Å². The van der Waals surface area contributed by atoms with Gasteiger partial charge in [0.2, 0.25) is 0 Å². The molecule has 0 saturated carbocycles. The molecule has 78 valence electrons. The van der Waals surface area contributed by atoms with E-state index in [1.54, 1.807) is 7.11 Å². The van der Waals surface area contributed by atoms with Gasteiger partial charge in [0.25, 0.3) is 0 Å². The van der Waals surface area contributed by atoms with Gasteiger partial charge in [-0.1, -0.05) is 41.9 Å². The summed E-state index contributed by atoms with van der Waals surface area (Å²) in [4.78, 5) is 4.80. The van der Waals surface area contributed by atoms with Gasteiger partial charge in [0.05, 0.1) is 7.11 Å². The van der Waals surface area contributed by atoms with E-state index in [-0.39, 0.29) is 0 Å². The lowest BCUT2D eigenvalue weighted by molar-refractivity contribution is 0.0867. The van der Waals surface area contributed by atoms with E-state index in [0.29, 0.717) is 5.92 Å². The van der Waals surface area contributed by atoms with Gasteiger partial charge in [-0.25, -0.2) is 0 Å². The molecule has 0 aliphatic heterocycles. The first kappa shape index (κ1) is 11.7. The van der Waals surface area contributed by atoms with Gasteiger partial charge in [0.15, 0.2) is 0 Å². The Morgan fingerprint density at radius 3 is 2.64 bits per heavy atom. The van der Waals surface area contributed by atoms with Gasteiger partial charge in [0.1, 0.15) is 0 Å². The van der Waals surface area contributed by atoms with E-state index in [4.69, 9.17) is 4.84 Å². The van der Waals surface area contributed by atoms with Crippen molar-refractivity contribution in [1.82, 2.24) is 5.48 Å². The second-order valence-electron chi connectivity index (χ2n) is 3.54. The highest BCUT2D eigenvalue weighted by molar-refractivity contribution is 9.10. The SMILES string of the molecule is CONCc1ccc(C(C)C)c(Br)c1. The monoisotopic (exact) mass is 257 g/mol. The van der Waals surface area contributed by atoms with Crippen molar-refractivity contribution in [3.63, 3.8) is 0 Å². The molecule has 0 unspecified atom stereocenters. The predicted octanol–water partition coefficient (Wildman–Crippen LogP) is 3.22. The molecule has 0 atom stereocenters. The van der Waals surface area contributed by atoms with Crippen molar-refractivity contribution >= 4 is 15.9 Å². The first-order valence-electron chi connectivity index (χ1n) is 4.69. The Morgan fingerprint density at radius 1 is 1.43 bits per heavy atom. The zero-order valence-corrected chi connectivity index (χ0v) is 10.4. The van der Waals surface area contributed by atoms with Crippen LogP contribution in [0.25, 0.3) is 0 Å². The number of nitrogens with one attached hydrogen (secondary N) is 1. The molecular weight excluding hydrogens is 242 g/mol. The van der Waals surface area contributed by atoms with Crippen molar-refractivity contribution in [2.45, 2.75) is 26.3 Å². The van der Waals surface area contributed by atoms with Crippen LogP contribution in [0.15, 0.2) is 22.7 Å². The molecule has 0 amide bonds. The number of hydrogen-bond donors (Lipinski definition) is 1. The first-order valence-corrected chi connectivity index (χ1v) is 5.48. The Hall–Kier alpha value is -0.380. The average Bonchev–Trinajstić information content (AvgIpc) is 2.14. The maximum absolute atomic E-state index is 4.80. The molecule has 0 aromatic heterocycles. The van der Waals surface area contributed by atoms with Crippen molar-refractivity contribution in [1.29, 1.82) is 0 Å². The van der Waals surface area contributed by atoms with Gasteiger partial charge < -0.3 is 4.84 Å². The van der Waals surface area contributed by atoms with Crippen LogP contribution in [0.4, 0.5) is 0 Å². The minimum atomic E-state index is 0.550. The summed E-state index contributed by atoms with van der Waals surface area (Å²) in [6.45, 7) is 5.10. The van der Waals surface area contributed by atoms with Crippen molar-refractivity contribution in [3.8, 4) is 0 Å². The minimum Gasteiger partial charge on any atom is -0.305 e. The topological polar surface area (TPSA) is 21.3 Å². The molecule has 0 heterocycles. The fourth-order valence-electron chi connectivity index (χ4n) is 1.30. The molecule has 1 aromatic carbocycles. The molecule has 0 aliphatic carbocycles. The Kier molecular flexibility index (Phi) is 4.58. The lowest BCUT2D eigenvalue weighted by Crippen LogP contribution is -2.10. The van der Waals surface area contributed by atoms with Gasteiger partial charge in [0, 0.05) is 11.0 Å². The molecule has 1 aromatic rings. The van der Waals surface area contributed by atoms with Crippen molar-refractivity contribution in [2.24, 2.45) is 0 Å². The Morgan fingerprint density at radius 2 is 2.14 bits per heavy atom. The molecule has 3 heteroatoms. The molecule has 1 N–H and O–H groups in total. The van der Waals surface area contributed by atoms with Gasteiger partial charge in [-0.15, -0.1) is 0 Å². The summed E-state index contributed by atoms with van der Waals surface area (Å²) in [6, 6.07) is 6.40. The second kappa shape index (κ2) is 5.49. The van der Waals surface area contributed by atoms with E-state index in [9.17, 15) is 0 Å². The molecule has 1 rings (SSSR count). The molecule has 0 fully saturated rings. The fourth-order valence-corrected chi connectivity index (χ4v) is 2.19. The van der Waals surface area contributed by atoms with E-state index in [1.165, 1.54) is 15.6 Å². The minimum absolute atomic E-state index is 0.550. The average molecular weight is 258 g/mol.